The second-order valence-corrected chi connectivity index (χ2v) is 5.30. The molecule has 0 fully saturated rings. The molecule has 2 aromatic carbocycles. The number of methoxy groups -OCH3 is 1. The molecule has 0 bridgehead atoms. The second kappa shape index (κ2) is 5.24. The van der Waals surface area contributed by atoms with E-state index in [9.17, 15) is 0 Å². The number of hydrogen-bond donors (Lipinski definition) is 1. The molecule has 0 amide bonds. The van der Waals surface area contributed by atoms with Gasteiger partial charge in [-0.25, -0.2) is 0 Å². The molecule has 0 saturated carbocycles. The van der Waals surface area contributed by atoms with Crippen LogP contribution in [0.1, 0.15) is 23.6 Å². The molecule has 0 aliphatic carbocycles. The lowest BCUT2D eigenvalue weighted by Crippen LogP contribution is -2.34. The minimum Gasteiger partial charge on any atom is -0.497 e. The molecule has 0 aliphatic heterocycles. The van der Waals surface area contributed by atoms with Crippen LogP contribution in [0.15, 0.2) is 42.5 Å². The maximum absolute atomic E-state index is 6.47. The maximum atomic E-state index is 6.47. The van der Waals surface area contributed by atoms with Gasteiger partial charge in [0, 0.05) is 5.02 Å². The lowest BCUT2D eigenvalue weighted by molar-refractivity contribution is 0.414. The van der Waals surface area contributed by atoms with Gasteiger partial charge in [-0.15, -0.1) is 0 Å². The van der Waals surface area contributed by atoms with E-state index in [2.05, 4.69) is 0 Å². The van der Waals surface area contributed by atoms with Gasteiger partial charge in [-0.2, -0.15) is 0 Å². The molecule has 0 spiro atoms. The normalized spacial score (nSPS) is 13.9. The average molecular weight is 276 g/mol. The van der Waals surface area contributed by atoms with Gasteiger partial charge in [-0.05, 0) is 48.7 Å². The molecular formula is C16H18ClNO. The third-order valence-electron chi connectivity index (χ3n) is 3.46. The quantitative estimate of drug-likeness (QED) is 0.923. The Labute approximate surface area is 119 Å². The molecule has 1 unspecified atom stereocenters. The molecule has 2 nitrogen and oxygen atoms in total. The molecule has 0 saturated heterocycles. The van der Waals surface area contributed by atoms with Crippen molar-refractivity contribution in [1.82, 2.24) is 0 Å². The van der Waals surface area contributed by atoms with Crippen LogP contribution in [0.5, 0.6) is 5.75 Å². The predicted octanol–water partition coefficient (Wildman–Crippen LogP) is 3.88. The fraction of sp³-hybridized carbons (Fsp3) is 0.250. The lowest BCUT2D eigenvalue weighted by atomic mass is 9.85. The molecule has 2 rings (SSSR count). The number of benzene rings is 2. The van der Waals surface area contributed by atoms with Crippen LogP contribution in [-0.2, 0) is 5.54 Å². The fourth-order valence-corrected chi connectivity index (χ4v) is 2.20. The van der Waals surface area contributed by atoms with Crippen LogP contribution in [0.4, 0.5) is 0 Å². The first kappa shape index (κ1) is 13.9. The number of aryl methyl sites for hydroxylation is 1. The summed E-state index contributed by atoms with van der Waals surface area (Å²) >= 11 is 6.18. The van der Waals surface area contributed by atoms with Gasteiger partial charge in [0.2, 0.25) is 0 Å². The molecule has 0 aromatic heterocycles. The molecule has 2 N–H and O–H groups in total. The summed E-state index contributed by atoms with van der Waals surface area (Å²) < 4.78 is 5.16. The van der Waals surface area contributed by atoms with Crippen LogP contribution in [0, 0.1) is 6.92 Å². The molecule has 0 aliphatic rings. The Kier molecular flexibility index (Phi) is 3.83. The van der Waals surface area contributed by atoms with E-state index in [4.69, 9.17) is 22.1 Å². The smallest absolute Gasteiger partial charge is 0.118 e. The topological polar surface area (TPSA) is 35.2 Å². The van der Waals surface area contributed by atoms with Gasteiger partial charge in [0.1, 0.15) is 5.75 Å². The number of halogens is 1. The van der Waals surface area contributed by atoms with E-state index in [-0.39, 0.29) is 0 Å². The van der Waals surface area contributed by atoms with Crippen LogP contribution in [0.3, 0.4) is 0 Å². The van der Waals surface area contributed by atoms with Crippen LogP contribution in [0.25, 0.3) is 0 Å². The Balaban J connectivity index is 2.41. The van der Waals surface area contributed by atoms with Gasteiger partial charge in [-0.1, -0.05) is 35.9 Å². The summed E-state index contributed by atoms with van der Waals surface area (Å²) in [6.45, 7) is 3.96. The van der Waals surface area contributed by atoms with Crippen molar-refractivity contribution < 1.29 is 4.74 Å². The fourth-order valence-electron chi connectivity index (χ4n) is 2.02. The maximum Gasteiger partial charge on any atom is 0.118 e. The van der Waals surface area contributed by atoms with Gasteiger partial charge in [-0.3, -0.25) is 0 Å². The Morgan fingerprint density at radius 2 is 1.63 bits per heavy atom. The van der Waals surface area contributed by atoms with Gasteiger partial charge in [0.25, 0.3) is 0 Å². The van der Waals surface area contributed by atoms with Crippen molar-refractivity contribution >= 4 is 11.6 Å². The zero-order valence-electron chi connectivity index (χ0n) is 11.4. The standard InChI is InChI=1S/C16H18ClNO/c1-11-4-5-13(10-15(11)17)16(2,18)12-6-8-14(19-3)9-7-12/h4-10H,18H2,1-3H3. The summed E-state index contributed by atoms with van der Waals surface area (Å²) in [5, 5.41) is 0.739. The molecule has 1 atom stereocenters. The average Bonchev–Trinajstić information content (AvgIpc) is 2.41. The highest BCUT2D eigenvalue weighted by Crippen LogP contribution is 2.30. The van der Waals surface area contributed by atoms with Crippen molar-refractivity contribution in [1.29, 1.82) is 0 Å². The first-order valence-electron chi connectivity index (χ1n) is 6.15. The zero-order valence-corrected chi connectivity index (χ0v) is 12.2. The van der Waals surface area contributed by atoms with Crippen molar-refractivity contribution in [2.75, 3.05) is 7.11 Å². The van der Waals surface area contributed by atoms with Crippen molar-refractivity contribution in [3.05, 3.63) is 64.2 Å². The monoisotopic (exact) mass is 275 g/mol. The predicted molar refractivity (Wildman–Crippen MR) is 79.8 cm³/mol. The van der Waals surface area contributed by atoms with Gasteiger partial charge >= 0.3 is 0 Å². The highest BCUT2D eigenvalue weighted by molar-refractivity contribution is 6.31. The summed E-state index contributed by atoms with van der Waals surface area (Å²) in [5.74, 6) is 0.821. The number of hydrogen-bond acceptors (Lipinski definition) is 2. The highest BCUT2D eigenvalue weighted by atomic mass is 35.5. The first-order chi connectivity index (χ1) is 8.95. The molecular weight excluding hydrogens is 258 g/mol. The zero-order chi connectivity index (χ0) is 14.0. The molecule has 3 heteroatoms. The van der Waals surface area contributed by atoms with Crippen molar-refractivity contribution in [2.45, 2.75) is 19.4 Å². The minimum absolute atomic E-state index is 0.580. The van der Waals surface area contributed by atoms with E-state index in [1.54, 1.807) is 7.11 Å². The molecule has 100 valence electrons. The van der Waals surface area contributed by atoms with Gasteiger partial charge in [0.15, 0.2) is 0 Å². The molecule has 0 radical (unpaired) electrons. The summed E-state index contributed by atoms with van der Waals surface area (Å²) in [6.07, 6.45) is 0. The van der Waals surface area contributed by atoms with Gasteiger partial charge < -0.3 is 10.5 Å². The van der Waals surface area contributed by atoms with E-state index >= 15 is 0 Å². The van der Waals surface area contributed by atoms with E-state index in [0.717, 1.165) is 27.5 Å². The third-order valence-corrected chi connectivity index (χ3v) is 3.87. The largest absolute Gasteiger partial charge is 0.497 e. The van der Waals surface area contributed by atoms with Crippen molar-refractivity contribution in [2.24, 2.45) is 5.73 Å². The summed E-state index contributed by atoms with van der Waals surface area (Å²) in [4.78, 5) is 0. The second-order valence-electron chi connectivity index (χ2n) is 4.89. The Hall–Kier alpha value is -1.51. The highest BCUT2D eigenvalue weighted by Gasteiger charge is 2.24. The Morgan fingerprint density at radius 1 is 1.05 bits per heavy atom. The summed E-state index contributed by atoms with van der Waals surface area (Å²) in [6, 6.07) is 13.7. The van der Waals surface area contributed by atoms with Gasteiger partial charge in [0.05, 0.1) is 12.6 Å². The molecule has 2 aromatic rings. The Bertz CT molecular complexity index is 576. The van der Waals surface area contributed by atoms with Crippen molar-refractivity contribution in [3.8, 4) is 5.75 Å². The summed E-state index contributed by atoms with van der Waals surface area (Å²) in [7, 11) is 1.65. The SMILES string of the molecule is COc1ccc(C(C)(N)c2ccc(C)c(Cl)c2)cc1. The summed E-state index contributed by atoms with van der Waals surface area (Å²) in [5.41, 5.74) is 8.96. The number of nitrogens with two attached hydrogens (primary N) is 1. The number of rotatable bonds is 3. The van der Waals surface area contributed by atoms with E-state index in [1.165, 1.54) is 0 Å². The van der Waals surface area contributed by atoms with Crippen LogP contribution >= 0.6 is 11.6 Å². The van der Waals surface area contributed by atoms with E-state index < -0.39 is 5.54 Å². The Morgan fingerprint density at radius 3 is 2.16 bits per heavy atom. The lowest BCUT2D eigenvalue weighted by Gasteiger charge is -2.26. The van der Waals surface area contributed by atoms with Crippen LogP contribution < -0.4 is 10.5 Å². The van der Waals surface area contributed by atoms with Crippen molar-refractivity contribution in [3.63, 3.8) is 0 Å². The van der Waals surface area contributed by atoms with E-state index in [1.807, 2.05) is 56.3 Å². The third kappa shape index (κ3) is 2.75. The molecule has 0 heterocycles. The van der Waals surface area contributed by atoms with Crippen LogP contribution in [-0.4, -0.2) is 7.11 Å². The first-order valence-corrected chi connectivity index (χ1v) is 6.53. The minimum atomic E-state index is -0.580. The van der Waals surface area contributed by atoms with E-state index in [0.29, 0.717) is 0 Å². The number of ether oxygens (including phenoxy) is 1. The van der Waals surface area contributed by atoms with Crippen LogP contribution in [0.2, 0.25) is 5.02 Å². The molecule has 19 heavy (non-hydrogen) atoms.